The van der Waals surface area contributed by atoms with E-state index in [1.807, 2.05) is 38.2 Å². The predicted octanol–water partition coefficient (Wildman–Crippen LogP) is 4.76. The predicted molar refractivity (Wildman–Crippen MR) is 120 cm³/mol. The first kappa shape index (κ1) is 21.7. The molecule has 158 valence electrons. The number of nitrogens with zero attached hydrogens (tertiary/aromatic N) is 2. The number of piperidine rings is 1. The molecule has 1 aliphatic heterocycles. The lowest BCUT2D eigenvalue weighted by Crippen LogP contribution is -2.44. The van der Waals surface area contributed by atoms with Crippen LogP contribution >= 0.6 is 11.3 Å². The SMILES string of the molecule is CCOc1ccc(CN(C)C(=O)NCC(c2cccs2)N2CCC(C)CC2)cc1. The van der Waals surface area contributed by atoms with Crippen molar-refractivity contribution in [3.63, 3.8) is 0 Å². The zero-order valence-corrected chi connectivity index (χ0v) is 18.6. The highest BCUT2D eigenvalue weighted by Crippen LogP contribution is 2.29. The third-order valence-corrected chi connectivity index (χ3v) is 6.55. The third-order valence-electron chi connectivity index (χ3n) is 5.58. The molecule has 5 nitrogen and oxygen atoms in total. The third kappa shape index (κ3) is 6.21. The number of rotatable bonds is 8. The number of carbonyl (C=O) groups is 1. The van der Waals surface area contributed by atoms with Crippen LogP contribution in [0.2, 0.25) is 0 Å². The largest absolute Gasteiger partial charge is 0.494 e. The Kier molecular flexibility index (Phi) is 7.95. The van der Waals surface area contributed by atoms with Crippen LogP contribution in [0.3, 0.4) is 0 Å². The smallest absolute Gasteiger partial charge is 0.317 e. The molecule has 6 heteroatoms. The van der Waals surface area contributed by atoms with Crippen LogP contribution in [-0.4, -0.2) is 49.1 Å². The number of thiophene rings is 1. The lowest BCUT2D eigenvalue weighted by molar-refractivity contribution is 0.135. The topological polar surface area (TPSA) is 44.8 Å². The lowest BCUT2D eigenvalue weighted by Gasteiger charge is -2.36. The van der Waals surface area contributed by atoms with Gasteiger partial charge in [-0.25, -0.2) is 4.79 Å². The average Bonchev–Trinajstić information content (AvgIpc) is 3.25. The molecule has 0 bridgehead atoms. The van der Waals surface area contributed by atoms with Crippen molar-refractivity contribution in [2.75, 3.05) is 33.3 Å². The van der Waals surface area contributed by atoms with Crippen molar-refractivity contribution in [3.8, 4) is 5.75 Å². The van der Waals surface area contributed by atoms with Crippen LogP contribution in [0.25, 0.3) is 0 Å². The van der Waals surface area contributed by atoms with Crippen LogP contribution in [0.4, 0.5) is 4.79 Å². The van der Waals surface area contributed by atoms with Gasteiger partial charge in [0.15, 0.2) is 0 Å². The first-order chi connectivity index (χ1) is 14.1. The van der Waals surface area contributed by atoms with Crippen molar-refractivity contribution < 1.29 is 9.53 Å². The molecule has 0 radical (unpaired) electrons. The maximum Gasteiger partial charge on any atom is 0.317 e. The lowest BCUT2D eigenvalue weighted by atomic mass is 9.97. The summed E-state index contributed by atoms with van der Waals surface area (Å²) in [5.74, 6) is 1.66. The van der Waals surface area contributed by atoms with Gasteiger partial charge < -0.3 is 15.0 Å². The van der Waals surface area contributed by atoms with Crippen LogP contribution < -0.4 is 10.1 Å². The summed E-state index contributed by atoms with van der Waals surface area (Å²) in [7, 11) is 1.84. The number of ether oxygens (including phenoxy) is 1. The molecule has 1 unspecified atom stereocenters. The summed E-state index contributed by atoms with van der Waals surface area (Å²) >= 11 is 1.78. The molecular formula is C23H33N3O2S. The zero-order chi connectivity index (χ0) is 20.6. The first-order valence-electron chi connectivity index (χ1n) is 10.5. The number of hydrogen-bond donors (Lipinski definition) is 1. The number of carbonyl (C=O) groups excluding carboxylic acids is 1. The normalized spacial score (nSPS) is 16.4. The number of amides is 2. The van der Waals surface area contributed by atoms with E-state index in [0.29, 0.717) is 19.7 Å². The Labute approximate surface area is 178 Å². The Hall–Kier alpha value is -2.05. The van der Waals surface area contributed by atoms with Gasteiger partial charge in [-0.2, -0.15) is 0 Å². The standard InChI is InChI=1S/C23H33N3O2S/c1-4-28-20-9-7-19(8-10-20)17-25(3)23(27)24-16-21(22-6-5-15-29-22)26-13-11-18(2)12-14-26/h5-10,15,18,21H,4,11-14,16-17H2,1-3H3,(H,24,27). The Balaban J connectivity index is 1.55. The van der Waals surface area contributed by atoms with Crippen molar-refractivity contribution in [1.82, 2.24) is 15.1 Å². The summed E-state index contributed by atoms with van der Waals surface area (Å²) in [6.45, 7) is 8.37. The molecule has 2 aromatic rings. The Morgan fingerprint density at radius 1 is 1.28 bits per heavy atom. The van der Waals surface area contributed by atoms with E-state index in [1.165, 1.54) is 17.7 Å². The van der Waals surface area contributed by atoms with E-state index in [2.05, 4.69) is 34.7 Å². The average molecular weight is 416 g/mol. The second kappa shape index (κ2) is 10.6. The second-order valence-corrected chi connectivity index (χ2v) is 8.85. The summed E-state index contributed by atoms with van der Waals surface area (Å²) in [4.78, 5) is 18.3. The molecule has 0 spiro atoms. The number of urea groups is 1. The maximum atomic E-state index is 12.7. The number of hydrogen-bond acceptors (Lipinski definition) is 4. The van der Waals surface area contributed by atoms with E-state index in [-0.39, 0.29) is 12.1 Å². The van der Waals surface area contributed by atoms with E-state index < -0.39 is 0 Å². The van der Waals surface area contributed by atoms with Gasteiger partial charge in [-0.05, 0) is 67.9 Å². The van der Waals surface area contributed by atoms with E-state index >= 15 is 0 Å². The minimum absolute atomic E-state index is 0.0363. The molecule has 1 saturated heterocycles. The van der Waals surface area contributed by atoms with Gasteiger partial charge >= 0.3 is 6.03 Å². The molecule has 0 aliphatic carbocycles. The quantitative estimate of drug-likeness (QED) is 0.676. The number of benzene rings is 1. The van der Waals surface area contributed by atoms with Gasteiger partial charge in [0.1, 0.15) is 5.75 Å². The van der Waals surface area contributed by atoms with E-state index in [9.17, 15) is 4.79 Å². The maximum absolute atomic E-state index is 12.7. The molecule has 29 heavy (non-hydrogen) atoms. The summed E-state index contributed by atoms with van der Waals surface area (Å²) in [5, 5.41) is 5.28. The molecule has 1 fully saturated rings. The monoisotopic (exact) mass is 415 g/mol. The molecule has 1 aromatic heterocycles. The summed E-state index contributed by atoms with van der Waals surface area (Å²) in [5.41, 5.74) is 1.09. The van der Waals surface area contributed by atoms with Crippen molar-refractivity contribution in [2.24, 2.45) is 5.92 Å². The highest BCUT2D eigenvalue weighted by molar-refractivity contribution is 7.10. The van der Waals surface area contributed by atoms with Crippen molar-refractivity contribution >= 4 is 17.4 Å². The van der Waals surface area contributed by atoms with Crippen LogP contribution in [0.1, 0.15) is 43.2 Å². The molecular weight excluding hydrogens is 382 g/mol. The Morgan fingerprint density at radius 3 is 2.62 bits per heavy atom. The highest BCUT2D eigenvalue weighted by atomic mass is 32.1. The van der Waals surface area contributed by atoms with Crippen LogP contribution in [0.15, 0.2) is 41.8 Å². The molecule has 1 N–H and O–H groups in total. The zero-order valence-electron chi connectivity index (χ0n) is 17.8. The van der Waals surface area contributed by atoms with Crippen molar-refractivity contribution in [3.05, 3.63) is 52.2 Å². The van der Waals surface area contributed by atoms with Gasteiger partial charge in [0.25, 0.3) is 0 Å². The number of likely N-dealkylation sites (tertiary alicyclic amines) is 1. The van der Waals surface area contributed by atoms with Crippen LogP contribution in [0, 0.1) is 5.92 Å². The minimum Gasteiger partial charge on any atom is -0.494 e. The Bertz CT molecular complexity index is 740. The van der Waals surface area contributed by atoms with E-state index in [4.69, 9.17) is 4.74 Å². The van der Waals surface area contributed by atoms with Crippen molar-refractivity contribution in [1.29, 1.82) is 0 Å². The first-order valence-corrected chi connectivity index (χ1v) is 11.4. The Morgan fingerprint density at radius 2 is 2.00 bits per heavy atom. The van der Waals surface area contributed by atoms with Crippen LogP contribution in [-0.2, 0) is 6.54 Å². The van der Waals surface area contributed by atoms with Gasteiger partial charge in [-0.3, -0.25) is 4.90 Å². The van der Waals surface area contributed by atoms with Gasteiger partial charge in [0.05, 0.1) is 12.6 Å². The van der Waals surface area contributed by atoms with Gasteiger partial charge in [-0.15, -0.1) is 11.3 Å². The summed E-state index contributed by atoms with van der Waals surface area (Å²) in [6.07, 6.45) is 2.46. The van der Waals surface area contributed by atoms with E-state index in [1.54, 1.807) is 16.2 Å². The molecule has 1 aliphatic rings. The van der Waals surface area contributed by atoms with Crippen molar-refractivity contribution in [2.45, 2.75) is 39.3 Å². The van der Waals surface area contributed by atoms with Gasteiger partial charge in [-0.1, -0.05) is 25.1 Å². The number of nitrogens with one attached hydrogen (secondary N) is 1. The minimum atomic E-state index is -0.0363. The van der Waals surface area contributed by atoms with E-state index in [0.717, 1.165) is 30.3 Å². The molecule has 3 rings (SSSR count). The molecule has 1 atom stereocenters. The summed E-state index contributed by atoms with van der Waals surface area (Å²) in [6, 6.07) is 12.4. The molecule has 0 saturated carbocycles. The van der Waals surface area contributed by atoms with Gasteiger partial charge in [0.2, 0.25) is 0 Å². The fraction of sp³-hybridized carbons (Fsp3) is 0.522. The molecule has 1 aromatic carbocycles. The molecule has 2 heterocycles. The fourth-order valence-corrected chi connectivity index (χ4v) is 4.61. The highest BCUT2D eigenvalue weighted by Gasteiger charge is 2.26. The summed E-state index contributed by atoms with van der Waals surface area (Å²) < 4.78 is 5.48. The molecule has 2 amide bonds. The second-order valence-electron chi connectivity index (χ2n) is 7.87. The van der Waals surface area contributed by atoms with Crippen LogP contribution in [0.5, 0.6) is 5.75 Å². The van der Waals surface area contributed by atoms with Gasteiger partial charge in [0, 0.05) is 25.0 Å². The fourth-order valence-electron chi connectivity index (χ4n) is 3.75.